The number of carboxylic acids is 1. The Morgan fingerprint density at radius 1 is 1.21 bits per heavy atom. The number of aliphatic carboxylic acids is 1. The highest BCUT2D eigenvalue weighted by Gasteiger charge is 2.37. The van der Waals surface area contributed by atoms with E-state index in [1.54, 1.807) is 0 Å². The van der Waals surface area contributed by atoms with Gasteiger partial charge >= 0.3 is 5.97 Å². The van der Waals surface area contributed by atoms with Crippen molar-refractivity contribution in [2.24, 2.45) is 11.8 Å². The SMILES string of the molecule is CCCN(CC)CCNC(=O)C1CCCC1C(=O)O. The molecule has 1 amide bonds. The van der Waals surface area contributed by atoms with Gasteiger partial charge in [-0.3, -0.25) is 9.59 Å². The number of hydrogen-bond donors (Lipinski definition) is 2. The molecule has 110 valence electrons. The average Bonchev–Trinajstić information content (AvgIpc) is 2.86. The van der Waals surface area contributed by atoms with Crippen molar-refractivity contribution in [3.63, 3.8) is 0 Å². The van der Waals surface area contributed by atoms with Gasteiger partial charge in [-0.15, -0.1) is 0 Å². The van der Waals surface area contributed by atoms with E-state index in [9.17, 15) is 9.59 Å². The zero-order chi connectivity index (χ0) is 14.3. The molecule has 1 saturated carbocycles. The average molecular weight is 270 g/mol. The second-order valence-corrected chi connectivity index (χ2v) is 5.21. The van der Waals surface area contributed by atoms with Gasteiger partial charge in [0.1, 0.15) is 0 Å². The Hall–Kier alpha value is -1.10. The normalized spacial score (nSPS) is 22.7. The zero-order valence-electron chi connectivity index (χ0n) is 12.0. The minimum absolute atomic E-state index is 0.0857. The van der Waals surface area contributed by atoms with E-state index in [2.05, 4.69) is 24.1 Å². The first-order chi connectivity index (χ1) is 9.10. The standard InChI is InChI=1S/C14H26N2O3/c1-3-9-16(4-2)10-8-15-13(17)11-6-5-7-12(11)14(18)19/h11-12H,3-10H2,1-2H3,(H,15,17)(H,18,19). The first-order valence-electron chi connectivity index (χ1n) is 7.33. The molecule has 2 N–H and O–H groups in total. The maximum absolute atomic E-state index is 12.0. The summed E-state index contributed by atoms with van der Waals surface area (Å²) in [6, 6.07) is 0. The van der Waals surface area contributed by atoms with Crippen molar-refractivity contribution < 1.29 is 14.7 Å². The minimum Gasteiger partial charge on any atom is -0.481 e. The van der Waals surface area contributed by atoms with Crippen LogP contribution in [0.4, 0.5) is 0 Å². The molecule has 19 heavy (non-hydrogen) atoms. The fourth-order valence-electron chi connectivity index (χ4n) is 2.78. The van der Waals surface area contributed by atoms with Crippen LogP contribution in [0.5, 0.6) is 0 Å². The molecule has 0 aromatic rings. The van der Waals surface area contributed by atoms with Crippen LogP contribution >= 0.6 is 0 Å². The van der Waals surface area contributed by atoms with Crippen LogP contribution in [0, 0.1) is 11.8 Å². The predicted molar refractivity (Wildman–Crippen MR) is 73.9 cm³/mol. The van der Waals surface area contributed by atoms with Crippen LogP contribution in [-0.2, 0) is 9.59 Å². The van der Waals surface area contributed by atoms with Gasteiger partial charge in [-0.2, -0.15) is 0 Å². The third-order valence-corrected chi connectivity index (χ3v) is 3.88. The smallest absolute Gasteiger partial charge is 0.307 e. The molecule has 0 heterocycles. The predicted octanol–water partition coefficient (Wildman–Crippen LogP) is 1.34. The molecule has 0 aromatic carbocycles. The van der Waals surface area contributed by atoms with Gasteiger partial charge in [0.15, 0.2) is 0 Å². The number of carboxylic acid groups (broad SMARTS) is 1. The minimum atomic E-state index is -0.834. The Kier molecular flexibility index (Phi) is 6.84. The fourth-order valence-corrected chi connectivity index (χ4v) is 2.78. The largest absolute Gasteiger partial charge is 0.481 e. The third kappa shape index (κ3) is 4.82. The lowest BCUT2D eigenvalue weighted by atomic mass is 9.95. The monoisotopic (exact) mass is 270 g/mol. The van der Waals surface area contributed by atoms with E-state index in [0.717, 1.165) is 32.5 Å². The molecule has 1 rings (SSSR count). The van der Waals surface area contributed by atoms with Crippen molar-refractivity contribution in [3.8, 4) is 0 Å². The molecule has 1 aliphatic rings. The van der Waals surface area contributed by atoms with Gasteiger partial charge < -0.3 is 15.3 Å². The van der Waals surface area contributed by atoms with Crippen LogP contribution in [0.1, 0.15) is 39.5 Å². The first-order valence-corrected chi connectivity index (χ1v) is 7.33. The number of rotatable bonds is 8. The highest BCUT2D eigenvalue weighted by atomic mass is 16.4. The van der Waals surface area contributed by atoms with Crippen LogP contribution in [0.2, 0.25) is 0 Å². The third-order valence-electron chi connectivity index (χ3n) is 3.88. The van der Waals surface area contributed by atoms with Gasteiger partial charge in [0.2, 0.25) is 5.91 Å². The van der Waals surface area contributed by atoms with Crippen molar-refractivity contribution >= 4 is 11.9 Å². The number of amides is 1. The molecule has 2 unspecified atom stereocenters. The Balaban J connectivity index is 2.32. The topological polar surface area (TPSA) is 69.6 Å². The molecule has 5 heteroatoms. The van der Waals surface area contributed by atoms with Gasteiger partial charge in [0, 0.05) is 13.1 Å². The summed E-state index contributed by atoms with van der Waals surface area (Å²) in [6.45, 7) is 7.70. The summed E-state index contributed by atoms with van der Waals surface area (Å²) in [5.41, 5.74) is 0. The quantitative estimate of drug-likeness (QED) is 0.698. The summed E-state index contributed by atoms with van der Waals surface area (Å²) in [5, 5.41) is 12.0. The fraction of sp³-hybridized carbons (Fsp3) is 0.857. The van der Waals surface area contributed by atoms with Gasteiger partial charge in [-0.05, 0) is 32.4 Å². The zero-order valence-corrected chi connectivity index (χ0v) is 12.0. The van der Waals surface area contributed by atoms with Crippen molar-refractivity contribution in [2.75, 3.05) is 26.2 Å². The molecule has 5 nitrogen and oxygen atoms in total. The molecule has 1 fully saturated rings. The second kappa shape index (κ2) is 8.15. The number of likely N-dealkylation sites (N-methyl/N-ethyl adjacent to an activating group) is 1. The van der Waals surface area contributed by atoms with Crippen LogP contribution in [0.3, 0.4) is 0 Å². The lowest BCUT2D eigenvalue weighted by Crippen LogP contribution is -2.40. The second-order valence-electron chi connectivity index (χ2n) is 5.21. The van der Waals surface area contributed by atoms with Crippen molar-refractivity contribution in [1.29, 1.82) is 0 Å². The Labute approximate surface area is 115 Å². The molecule has 2 atom stereocenters. The summed E-state index contributed by atoms with van der Waals surface area (Å²) >= 11 is 0. The molecular weight excluding hydrogens is 244 g/mol. The van der Waals surface area contributed by atoms with E-state index in [1.807, 2.05) is 0 Å². The van der Waals surface area contributed by atoms with Gasteiger partial charge in [0.05, 0.1) is 11.8 Å². The Bertz CT molecular complexity index is 307. The Morgan fingerprint density at radius 2 is 1.89 bits per heavy atom. The summed E-state index contributed by atoms with van der Waals surface area (Å²) in [4.78, 5) is 25.3. The number of nitrogens with one attached hydrogen (secondary N) is 1. The van der Waals surface area contributed by atoms with Gasteiger partial charge in [-0.1, -0.05) is 20.3 Å². The number of hydrogen-bond acceptors (Lipinski definition) is 3. The summed E-state index contributed by atoms with van der Waals surface area (Å²) in [6.07, 6.45) is 3.27. The molecule has 0 aromatic heterocycles. The van der Waals surface area contributed by atoms with E-state index >= 15 is 0 Å². The van der Waals surface area contributed by atoms with Crippen LogP contribution < -0.4 is 5.32 Å². The van der Waals surface area contributed by atoms with E-state index in [-0.39, 0.29) is 11.8 Å². The van der Waals surface area contributed by atoms with Gasteiger partial charge in [0.25, 0.3) is 0 Å². The van der Waals surface area contributed by atoms with E-state index in [4.69, 9.17) is 5.11 Å². The summed E-state index contributed by atoms with van der Waals surface area (Å²) < 4.78 is 0. The summed E-state index contributed by atoms with van der Waals surface area (Å²) in [5.74, 6) is -1.74. The maximum atomic E-state index is 12.0. The van der Waals surface area contributed by atoms with E-state index in [1.165, 1.54) is 0 Å². The van der Waals surface area contributed by atoms with Crippen molar-refractivity contribution in [3.05, 3.63) is 0 Å². The lowest BCUT2D eigenvalue weighted by molar-refractivity contribution is -0.146. The number of carbonyl (C=O) groups is 2. The highest BCUT2D eigenvalue weighted by Crippen LogP contribution is 2.31. The van der Waals surface area contributed by atoms with Crippen LogP contribution in [0.25, 0.3) is 0 Å². The first kappa shape index (κ1) is 16.0. The molecule has 1 aliphatic carbocycles. The maximum Gasteiger partial charge on any atom is 0.307 e. The molecular formula is C14H26N2O3. The lowest BCUT2D eigenvalue weighted by Gasteiger charge is -2.21. The van der Waals surface area contributed by atoms with Crippen molar-refractivity contribution in [2.45, 2.75) is 39.5 Å². The van der Waals surface area contributed by atoms with E-state index < -0.39 is 11.9 Å². The molecule has 0 radical (unpaired) electrons. The van der Waals surface area contributed by atoms with Crippen molar-refractivity contribution in [1.82, 2.24) is 10.2 Å². The molecule has 0 saturated heterocycles. The molecule has 0 aliphatic heterocycles. The summed E-state index contributed by atoms with van der Waals surface area (Å²) in [7, 11) is 0. The molecule has 0 bridgehead atoms. The van der Waals surface area contributed by atoms with E-state index in [0.29, 0.717) is 19.4 Å². The Morgan fingerprint density at radius 3 is 2.47 bits per heavy atom. The number of nitrogens with zero attached hydrogens (tertiary/aromatic N) is 1. The van der Waals surface area contributed by atoms with Crippen LogP contribution in [-0.4, -0.2) is 48.1 Å². The van der Waals surface area contributed by atoms with Gasteiger partial charge in [-0.25, -0.2) is 0 Å². The highest BCUT2D eigenvalue weighted by molar-refractivity contribution is 5.85. The van der Waals surface area contributed by atoms with Crippen LogP contribution in [0.15, 0.2) is 0 Å². The number of carbonyl (C=O) groups excluding carboxylic acids is 1. The molecule has 0 spiro atoms.